The van der Waals surface area contributed by atoms with E-state index in [-0.39, 0.29) is 6.42 Å². The Hall–Kier alpha value is -2.94. The van der Waals surface area contributed by atoms with E-state index in [4.69, 9.17) is 9.68 Å². The molecule has 0 aliphatic heterocycles. The number of nitriles is 1. The summed E-state index contributed by atoms with van der Waals surface area (Å²) in [6.45, 7) is 0. The van der Waals surface area contributed by atoms with Crippen LogP contribution in [0.3, 0.4) is 0 Å². The van der Waals surface area contributed by atoms with Crippen molar-refractivity contribution in [3.8, 4) is 17.3 Å². The van der Waals surface area contributed by atoms with Crippen molar-refractivity contribution >= 4 is 11.1 Å². The van der Waals surface area contributed by atoms with E-state index in [9.17, 15) is 4.79 Å². The van der Waals surface area contributed by atoms with Gasteiger partial charge in [-0.3, -0.25) is 4.57 Å². The van der Waals surface area contributed by atoms with Crippen molar-refractivity contribution < 1.29 is 4.42 Å². The van der Waals surface area contributed by atoms with Crippen LogP contribution in [0.15, 0.2) is 39.7 Å². The first-order chi connectivity index (χ1) is 9.69. The van der Waals surface area contributed by atoms with Crippen LogP contribution in [0.25, 0.3) is 22.4 Å². The minimum absolute atomic E-state index is 0.167. The average Bonchev–Trinajstić information content (AvgIpc) is 2.75. The van der Waals surface area contributed by atoms with E-state index >= 15 is 0 Å². The van der Waals surface area contributed by atoms with Crippen molar-refractivity contribution in [1.29, 1.82) is 5.26 Å². The largest absolute Gasteiger partial charge is 0.419 e. The van der Waals surface area contributed by atoms with Crippen LogP contribution in [0.1, 0.15) is 5.82 Å². The Bertz CT molecular complexity index is 886. The smallest absolute Gasteiger partial charge is 0.408 e. The summed E-state index contributed by atoms with van der Waals surface area (Å²) in [5.41, 5.74) is 2.79. The third kappa shape index (κ3) is 1.95. The lowest BCUT2D eigenvalue weighted by Crippen LogP contribution is -2.08. The van der Waals surface area contributed by atoms with Crippen molar-refractivity contribution in [2.45, 2.75) is 6.42 Å². The standard InChI is InChI=1S/C14H10N4O2/c1-18-11-8-9(2-3-12(11)20-14(18)19)10-5-7-16-13(17-10)4-6-15/h2-3,5,7-8H,4H2,1H3. The molecular weight excluding hydrogens is 256 g/mol. The molecule has 0 fully saturated rings. The van der Waals surface area contributed by atoms with Gasteiger partial charge in [-0.25, -0.2) is 14.8 Å². The summed E-state index contributed by atoms with van der Waals surface area (Å²) in [6.07, 6.45) is 1.79. The molecule has 20 heavy (non-hydrogen) atoms. The van der Waals surface area contributed by atoms with E-state index < -0.39 is 5.76 Å². The van der Waals surface area contributed by atoms with Crippen molar-refractivity contribution in [3.05, 3.63) is 46.8 Å². The SMILES string of the molecule is Cn1c(=O)oc2ccc(-c3ccnc(CC#N)n3)cc21. The zero-order valence-corrected chi connectivity index (χ0v) is 10.7. The van der Waals surface area contributed by atoms with Crippen LogP contribution in [-0.2, 0) is 13.5 Å². The first-order valence-electron chi connectivity index (χ1n) is 5.98. The lowest BCUT2D eigenvalue weighted by molar-refractivity contribution is 0.528. The lowest BCUT2D eigenvalue weighted by Gasteiger charge is -2.02. The van der Waals surface area contributed by atoms with Gasteiger partial charge in [-0.15, -0.1) is 0 Å². The number of benzene rings is 1. The van der Waals surface area contributed by atoms with E-state index in [1.54, 1.807) is 25.4 Å². The van der Waals surface area contributed by atoms with Gasteiger partial charge in [0.15, 0.2) is 5.58 Å². The highest BCUT2D eigenvalue weighted by molar-refractivity contribution is 5.79. The van der Waals surface area contributed by atoms with Crippen molar-refractivity contribution in [2.24, 2.45) is 7.05 Å². The molecule has 0 atom stereocenters. The van der Waals surface area contributed by atoms with Crippen molar-refractivity contribution in [1.82, 2.24) is 14.5 Å². The highest BCUT2D eigenvalue weighted by Crippen LogP contribution is 2.22. The summed E-state index contributed by atoms with van der Waals surface area (Å²) in [7, 11) is 1.65. The second-order valence-corrected chi connectivity index (χ2v) is 4.30. The molecule has 3 aromatic rings. The molecule has 0 radical (unpaired) electrons. The third-order valence-corrected chi connectivity index (χ3v) is 3.03. The Morgan fingerprint density at radius 2 is 2.25 bits per heavy atom. The number of aryl methyl sites for hydroxylation is 1. The second kappa shape index (κ2) is 4.63. The monoisotopic (exact) mass is 266 g/mol. The average molecular weight is 266 g/mol. The van der Waals surface area contributed by atoms with Crippen LogP contribution in [0.4, 0.5) is 0 Å². The van der Waals surface area contributed by atoms with E-state index in [1.165, 1.54) is 4.57 Å². The topological polar surface area (TPSA) is 84.7 Å². The molecule has 0 aliphatic carbocycles. The van der Waals surface area contributed by atoms with Gasteiger partial charge in [0.05, 0.1) is 23.7 Å². The lowest BCUT2D eigenvalue weighted by atomic mass is 10.1. The summed E-state index contributed by atoms with van der Waals surface area (Å²) in [6, 6.07) is 9.17. The molecule has 2 heterocycles. The van der Waals surface area contributed by atoms with Crippen LogP contribution in [0.5, 0.6) is 0 Å². The van der Waals surface area contributed by atoms with Crippen LogP contribution in [0.2, 0.25) is 0 Å². The maximum absolute atomic E-state index is 11.5. The maximum atomic E-state index is 11.5. The summed E-state index contributed by atoms with van der Waals surface area (Å²) in [5.74, 6) is 0.0798. The Balaban J connectivity index is 2.15. The molecule has 0 saturated carbocycles. The van der Waals surface area contributed by atoms with Gasteiger partial charge >= 0.3 is 5.76 Å². The molecule has 1 aromatic carbocycles. The van der Waals surface area contributed by atoms with E-state index in [1.807, 2.05) is 18.2 Å². The van der Waals surface area contributed by atoms with Gasteiger partial charge in [0.25, 0.3) is 0 Å². The van der Waals surface area contributed by atoms with Gasteiger partial charge in [0.1, 0.15) is 5.82 Å². The molecule has 0 amide bonds. The third-order valence-electron chi connectivity index (χ3n) is 3.03. The van der Waals surface area contributed by atoms with Crippen molar-refractivity contribution in [3.63, 3.8) is 0 Å². The van der Waals surface area contributed by atoms with Gasteiger partial charge in [0, 0.05) is 18.8 Å². The van der Waals surface area contributed by atoms with E-state index in [2.05, 4.69) is 9.97 Å². The van der Waals surface area contributed by atoms with E-state index in [0.29, 0.717) is 22.6 Å². The van der Waals surface area contributed by atoms with Gasteiger partial charge in [0.2, 0.25) is 0 Å². The van der Waals surface area contributed by atoms with Gasteiger partial charge < -0.3 is 4.42 Å². The number of oxazole rings is 1. The quantitative estimate of drug-likeness (QED) is 0.704. The molecule has 0 saturated heterocycles. The normalized spacial score (nSPS) is 10.6. The van der Waals surface area contributed by atoms with Gasteiger partial charge in [-0.05, 0) is 24.3 Å². The summed E-state index contributed by atoms with van der Waals surface area (Å²) >= 11 is 0. The zero-order valence-electron chi connectivity index (χ0n) is 10.7. The molecule has 0 aliphatic rings. The predicted molar refractivity (Wildman–Crippen MR) is 71.8 cm³/mol. The van der Waals surface area contributed by atoms with Crippen LogP contribution >= 0.6 is 0 Å². The fraction of sp³-hybridized carbons (Fsp3) is 0.143. The first-order valence-corrected chi connectivity index (χ1v) is 5.98. The molecule has 0 bridgehead atoms. The number of hydrogen-bond donors (Lipinski definition) is 0. The number of aromatic nitrogens is 3. The molecular formula is C14H10N4O2. The summed E-state index contributed by atoms with van der Waals surface area (Å²) in [5, 5.41) is 8.68. The molecule has 0 spiro atoms. The molecule has 3 rings (SSSR count). The Morgan fingerprint density at radius 3 is 3.05 bits per heavy atom. The molecule has 2 aromatic heterocycles. The zero-order chi connectivity index (χ0) is 14.1. The minimum atomic E-state index is -0.398. The van der Waals surface area contributed by atoms with Crippen LogP contribution in [-0.4, -0.2) is 14.5 Å². The van der Waals surface area contributed by atoms with E-state index in [0.717, 1.165) is 5.56 Å². The predicted octanol–water partition coefficient (Wildman–Crippen LogP) is 1.65. The molecule has 98 valence electrons. The number of hydrogen-bond acceptors (Lipinski definition) is 5. The number of rotatable bonds is 2. The maximum Gasteiger partial charge on any atom is 0.419 e. The second-order valence-electron chi connectivity index (χ2n) is 4.30. The summed E-state index contributed by atoms with van der Waals surface area (Å²) < 4.78 is 6.52. The minimum Gasteiger partial charge on any atom is -0.408 e. The fourth-order valence-corrected chi connectivity index (χ4v) is 2.00. The Morgan fingerprint density at radius 1 is 1.40 bits per heavy atom. The number of fused-ring (bicyclic) bond motifs is 1. The van der Waals surface area contributed by atoms with Gasteiger partial charge in [-0.2, -0.15) is 5.26 Å². The highest BCUT2D eigenvalue weighted by atomic mass is 16.4. The first kappa shape index (κ1) is 12.1. The Kier molecular flexibility index (Phi) is 2.80. The molecule has 6 heteroatoms. The Labute approximate surface area is 113 Å². The highest BCUT2D eigenvalue weighted by Gasteiger charge is 2.08. The van der Waals surface area contributed by atoms with Crippen LogP contribution < -0.4 is 5.76 Å². The van der Waals surface area contributed by atoms with Crippen molar-refractivity contribution in [2.75, 3.05) is 0 Å². The molecule has 6 nitrogen and oxygen atoms in total. The van der Waals surface area contributed by atoms with Crippen LogP contribution in [0, 0.1) is 11.3 Å². The van der Waals surface area contributed by atoms with Gasteiger partial charge in [-0.1, -0.05) is 0 Å². The number of nitrogens with zero attached hydrogens (tertiary/aromatic N) is 4. The summed E-state index contributed by atoms with van der Waals surface area (Å²) in [4.78, 5) is 19.8. The molecule has 0 N–H and O–H groups in total. The fourth-order valence-electron chi connectivity index (χ4n) is 2.00. The molecule has 0 unspecified atom stereocenters.